The monoisotopic (exact) mass is 363 g/mol. The molecule has 0 amide bonds. The van der Waals surface area contributed by atoms with E-state index < -0.39 is 0 Å². The third-order valence-corrected chi connectivity index (χ3v) is 3.92. The van der Waals surface area contributed by atoms with Gasteiger partial charge >= 0.3 is 0 Å². The van der Waals surface area contributed by atoms with Crippen LogP contribution in [0.4, 0.5) is 0 Å². The highest BCUT2D eigenvalue weighted by Crippen LogP contribution is 2.30. The Kier molecular flexibility index (Phi) is 8.94. The van der Waals surface area contributed by atoms with Crippen molar-refractivity contribution >= 4 is 0 Å². The summed E-state index contributed by atoms with van der Waals surface area (Å²) in [6.07, 6.45) is 0.820. The Morgan fingerprint density at radius 1 is 0.630 bits per heavy atom. The smallest absolute Gasteiger partial charge is 0.161 e. The summed E-state index contributed by atoms with van der Waals surface area (Å²) < 4.78 is 12.0. The quantitative estimate of drug-likeness (QED) is 0.585. The summed E-state index contributed by atoms with van der Waals surface area (Å²) >= 11 is 0. The second-order valence-corrected chi connectivity index (χ2v) is 5.87. The highest BCUT2D eigenvalue weighted by molar-refractivity contribution is 5.43. The third kappa shape index (κ3) is 6.80. The fourth-order valence-corrected chi connectivity index (χ4v) is 2.58. The van der Waals surface area contributed by atoms with Gasteiger partial charge < -0.3 is 15.2 Å². The fourth-order valence-electron chi connectivity index (χ4n) is 2.58. The molecule has 3 aromatic carbocycles. The maximum absolute atomic E-state index is 6.03. The van der Waals surface area contributed by atoms with E-state index in [-0.39, 0.29) is 0 Å². The lowest BCUT2D eigenvalue weighted by molar-refractivity contribution is 0.255. The Morgan fingerprint density at radius 2 is 1.15 bits per heavy atom. The first-order valence-electron chi connectivity index (χ1n) is 9.51. The van der Waals surface area contributed by atoms with Crippen LogP contribution in [0.1, 0.15) is 30.5 Å². The van der Waals surface area contributed by atoms with Gasteiger partial charge in [0.2, 0.25) is 0 Å². The Hall–Kier alpha value is -2.78. The first-order valence-corrected chi connectivity index (χ1v) is 9.51. The molecule has 3 nitrogen and oxygen atoms in total. The van der Waals surface area contributed by atoms with Crippen molar-refractivity contribution in [1.82, 2.24) is 0 Å². The lowest BCUT2D eigenvalue weighted by atomic mass is 10.1. The molecule has 0 heterocycles. The van der Waals surface area contributed by atoms with E-state index in [4.69, 9.17) is 15.2 Å². The van der Waals surface area contributed by atoms with Gasteiger partial charge in [-0.05, 0) is 41.8 Å². The third-order valence-electron chi connectivity index (χ3n) is 3.92. The standard InChI is InChI=1S/C22H23NO2.C2H6/c23-14-13-18-11-12-21(24-16-19-7-3-1-4-8-19)22(15-18)25-17-20-9-5-2-6-10-20;1-2/h1-12,15H,13-14,16-17,23H2;1-2H3. The predicted molar refractivity (Wildman–Crippen MR) is 112 cm³/mol. The van der Waals surface area contributed by atoms with E-state index in [0.717, 1.165) is 34.6 Å². The largest absolute Gasteiger partial charge is 0.485 e. The maximum Gasteiger partial charge on any atom is 0.161 e. The van der Waals surface area contributed by atoms with Gasteiger partial charge in [0.05, 0.1) is 0 Å². The van der Waals surface area contributed by atoms with Gasteiger partial charge in [-0.15, -0.1) is 0 Å². The Bertz CT molecular complexity index is 773. The van der Waals surface area contributed by atoms with Crippen LogP contribution in [0.25, 0.3) is 0 Å². The van der Waals surface area contributed by atoms with Gasteiger partial charge in [-0.25, -0.2) is 0 Å². The van der Waals surface area contributed by atoms with Crippen LogP contribution >= 0.6 is 0 Å². The minimum absolute atomic E-state index is 0.509. The highest BCUT2D eigenvalue weighted by atomic mass is 16.5. The van der Waals surface area contributed by atoms with Crippen LogP contribution in [-0.2, 0) is 19.6 Å². The summed E-state index contributed by atoms with van der Waals surface area (Å²) in [5.41, 5.74) is 9.08. The molecule has 0 aliphatic carbocycles. The summed E-state index contributed by atoms with van der Waals surface area (Å²) in [6.45, 7) is 5.63. The van der Waals surface area contributed by atoms with E-state index in [9.17, 15) is 0 Å². The Labute approximate surface area is 162 Å². The topological polar surface area (TPSA) is 44.5 Å². The molecule has 0 aliphatic heterocycles. The summed E-state index contributed by atoms with van der Waals surface area (Å²) in [4.78, 5) is 0. The molecule has 3 rings (SSSR count). The molecule has 0 atom stereocenters. The molecule has 0 bridgehead atoms. The number of rotatable bonds is 8. The second kappa shape index (κ2) is 11.8. The molecule has 0 saturated heterocycles. The molecule has 0 unspecified atom stereocenters. The fraction of sp³-hybridized carbons (Fsp3) is 0.250. The van der Waals surface area contributed by atoms with Crippen LogP contribution in [0.5, 0.6) is 11.5 Å². The molecule has 0 aliphatic rings. The van der Waals surface area contributed by atoms with Crippen LogP contribution < -0.4 is 15.2 Å². The van der Waals surface area contributed by atoms with Gasteiger partial charge in [0.1, 0.15) is 13.2 Å². The Balaban J connectivity index is 0.00000126. The molecule has 3 aromatic rings. The molecule has 0 radical (unpaired) electrons. The molecule has 0 spiro atoms. The SMILES string of the molecule is CC.NCCc1ccc(OCc2ccccc2)c(OCc2ccccc2)c1. The van der Waals surface area contributed by atoms with Crippen LogP contribution in [0.3, 0.4) is 0 Å². The number of ether oxygens (including phenoxy) is 2. The van der Waals surface area contributed by atoms with Crippen molar-refractivity contribution in [2.45, 2.75) is 33.5 Å². The van der Waals surface area contributed by atoms with Gasteiger partial charge in [-0.3, -0.25) is 0 Å². The van der Waals surface area contributed by atoms with Gasteiger partial charge in [0, 0.05) is 0 Å². The first kappa shape index (κ1) is 20.5. The molecular weight excluding hydrogens is 334 g/mol. The molecule has 0 fully saturated rings. The van der Waals surface area contributed by atoms with E-state index in [1.807, 2.05) is 92.7 Å². The van der Waals surface area contributed by atoms with Crippen molar-refractivity contribution in [2.75, 3.05) is 6.54 Å². The van der Waals surface area contributed by atoms with Crippen LogP contribution in [0.15, 0.2) is 78.9 Å². The zero-order valence-electron chi connectivity index (χ0n) is 16.2. The number of hydrogen-bond acceptors (Lipinski definition) is 3. The van der Waals surface area contributed by atoms with Crippen LogP contribution in [0, 0.1) is 0 Å². The molecule has 0 aromatic heterocycles. The molecule has 0 saturated carbocycles. The molecule has 3 heteroatoms. The minimum Gasteiger partial charge on any atom is -0.485 e. The average Bonchev–Trinajstić information content (AvgIpc) is 2.75. The van der Waals surface area contributed by atoms with E-state index in [2.05, 4.69) is 0 Å². The lowest BCUT2D eigenvalue weighted by Crippen LogP contribution is -2.04. The van der Waals surface area contributed by atoms with E-state index >= 15 is 0 Å². The van der Waals surface area contributed by atoms with Gasteiger partial charge in [0.15, 0.2) is 11.5 Å². The average molecular weight is 364 g/mol. The van der Waals surface area contributed by atoms with Crippen LogP contribution in [-0.4, -0.2) is 6.54 Å². The first-order chi connectivity index (χ1) is 13.3. The van der Waals surface area contributed by atoms with Gasteiger partial charge in [-0.2, -0.15) is 0 Å². The number of nitrogens with two attached hydrogens (primary N) is 1. The maximum atomic E-state index is 6.03. The number of hydrogen-bond donors (Lipinski definition) is 1. The summed E-state index contributed by atoms with van der Waals surface area (Å²) in [5.74, 6) is 1.51. The minimum atomic E-state index is 0.509. The van der Waals surface area contributed by atoms with Crippen molar-refractivity contribution in [1.29, 1.82) is 0 Å². The lowest BCUT2D eigenvalue weighted by Gasteiger charge is -2.14. The van der Waals surface area contributed by atoms with Crippen molar-refractivity contribution < 1.29 is 9.47 Å². The predicted octanol–water partition coefficient (Wildman–Crippen LogP) is 5.37. The highest BCUT2D eigenvalue weighted by Gasteiger charge is 2.08. The van der Waals surface area contributed by atoms with Crippen LogP contribution in [0.2, 0.25) is 0 Å². The Morgan fingerprint density at radius 3 is 1.67 bits per heavy atom. The van der Waals surface area contributed by atoms with Crippen molar-refractivity contribution in [3.63, 3.8) is 0 Å². The summed E-state index contributed by atoms with van der Waals surface area (Å²) in [5, 5.41) is 0. The van der Waals surface area contributed by atoms with Crippen molar-refractivity contribution in [3.05, 3.63) is 95.6 Å². The normalized spacial score (nSPS) is 9.89. The van der Waals surface area contributed by atoms with E-state index in [1.165, 1.54) is 0 Å². The van der Waals surface area contributed by atoms with Gasteiger partial charge in [0.25, 0.3) is 0 Å². The zero-order valence-corrected chi connectivity index (χ0v) is 16.2. The van der Waals surface area contributed by atoms with Gasteiger partial charge in [-0.1, -0.05) is 80.6 Å². The van der Waals surface area contributed by atoms with E-state index in [1.54, 1.807) is 0 Å². The summed E-state index contributed by atoms with van der Waals surface area (Å²) in [7, 11) is 0. The van der Waals surface area contributed by atoms with Crippen molar-refractivity contribution in [3.8, 4) is 11.5 Å². The number of benzene rings is 3. The molecule has 142 valence electrons. The zero-order chi connectivity index (χ0) is 19.3. The summed E-state index contributed by atoms with van der Waals surface area (Å²) in [6, 6.07) is 26.3. The molecular formula is C24H29NO2. The molecule has 27 heavy (non-hydrogen) atoms. The van der Waals surface area contributed by atoms with Crippen molar-refractivity contribution in [2.24, 2.45) is 5.73 Å². The second-order valence-electron chi connectivity index (χ2n) is 5.87. The molecule has 2 N–H and O–H groups in total. The van der Waals surface area contributed by atoms with E-state index in [0.29, 0.717) is 19.8 Å².